The van der Waals surface area contributed by atoms with Gasteiger partial charge in [-0.1, -0.05) is 29.8 Å². The average Bonchev–Trinajstić information content (AvgIpc) is 3.16. The number of carbonyl (C=O) groups is 2. The topological polar surface area (TPSA) is 140 Å². The summed E-state index contributed by atoms with van der Waals surface area (Å²) in [5, 5.41) is 4.97. The highest BCUT2D eigenvalue weighted by Gasteiger charge is 2.35. The van der Waals surface area contributed by atoms with E-state index in [0.29, 0.717) is 36.2 Å². The number of ether oxygens (including phenoxy) is 3. The lowest BCUT2D eigenvalue weighted by Gasteiger charge is -2.33. The summed E-state index contributed by atoms with van der Waals surface area (Å²) in [5.74, 6) is 0.282. The first-order chi connectivity index (χ1) is 28.3. The number of urea groups is 1. The standard InChI is InChI=1S/C40H46BrF6N7O6/c1-24(2)20-53(23-39(42,43)44)27-7-8-33-29(15-27)30(40(45,46)47)16-37(56)54(33)10-12-58-11-5-6-36(55)52-9-13-59-28(21-52)22-60-34-14-25(3)31(41)17-32(34)50-38(57)51-35-19-48-26(4)18-49-35/h7-8,14-19,24,28H,5-6,9-13,20-23H2,1-4H3,(H2,49,50,51,57)/t28-/m0/s1. The number of nitrogens with one attached hydrogen (secondary N) is 2. The van der Waals surface area contributed by atoms with Crippen molar-refractivity contribution >= 4 is 56.0 Å². The van der Waals surface area contributed by atoms with Crippen LogP contribution in [0.15, 0.2) is 58.1 Å². The maximum atomic E-state index is 14.1. The minimum absolute atomic E-state index is 0.0521. The number of fused-ring (bicyclic) bond motifs is 1. The van der Waals surface area contributed by atoms with Gasteiger partial charge in [-0.05, 0) is 62.1 Å². The molecule has 3 amide bonds. The molecule has 5 rings (SSSR count). The number of alkyl halides is 6. The molecule has 1 saturated heterocycles. The lowest BCUT2D eigenvalue weighted by atomic mass is 10.1. The second-order valence-electron chi connectivity index (χ2n) is 14.7. The predicted molar refractivity (Wildman–Crippen MR) is 216 cm³/mol. The molecule has 0 bridgehead atoms. The van der Waals surface area contributed by atoms with E-state index in [2.05, 4.69) is 36.5 Å². The number of amides is 3. The van der Waals surface area contributed by atoms with E-state index in [9.17, 15) is 40.7 Å². The zero-order chi connectivity index (χ0) is 43.8. The second kappa shape index (κ2) is 20.1. The molecule has 1 aliphatic heterocycles. The Labute approximate surface area is 350 Å². The van der Waals surface area contributed by atoms with Gasteiger partial charge in [-0.25, -0.2) is 9.78 Å². The van der Waals surface area contributed by atoms with Crippen molar-refractivity contribution in [2.24, 2.45) is 5.92 Å². The molecule has 3 heterocycles. The molecule has 4 aromatic rings. The van der Waals surface area contributed by atoms with Crippen LogP contribution < -0.4 is 25.8 Å². The average molecular weight is 915 g/mol. The van der Waals surface area contributed by atoms with Crippen LogP contribution in [-0.2, 0) is 27.0 Å². The third-order valence-corrected chi connectivity index (χ3v) is 10.2. The molecule has 0 aliphatic carbocycles. The van der Waals surface area contributed by atoms with Gasteiger partial charge in [0.1, 0.15) is 25.0 Å². The van der Waals surface area contributed by atoms with Gasteiger partial charge in [-0.2, -0.15) is 26.3 Å². The van der Waals surface area contributed by atoms with Crippen molar-refractivity contribution in [2.75, 3.05) is 68.1 Å². The molecule has 1 atom stereocenters. The molecule has 20 heteroatoms. The number of pyridine rings is 1. The van der Waals surface area contributed by atoms with Crippen LogP contribution in [0.2, 0.25) is 0 Å². The summed E-state index contributed by atoms with van der Waals surface area (Å²) >= 11 is 3.48. The van der Waals surface area contributed by atoms with E-state index >= 15 is 0 Å². The van der Waals surface area contributed by atoms with E-state index in [0.717, 1.165) is 25.6 Å². The molecular weight excluding hydrogens is 868 g/mol. The molecule has 2 aromatic heterocycles. The van der Waals surface area contributed by atoms with Gasteiger partial charge in [0.15, 0.2) is 5.82 Å². The van der Waals surface area contributed by atoms with Gasteiger partial charge in [0.05, 0.1) is 54.6 Å². The van der Waals surface area contributed by atoms with Crippen molar-refractivity contribution in [3.8, 4) is 5.75 Å². The molecule has 0 saturated carbocycles. The van der Waals surface area contributed by atoms with Crippen LogP contribution in [0.3, 0.4) is 0 Å². The Kier molecular flexibility index (Phi) is 15.4. The molecule has 60 heavy (non-hydrogen) atoms. The number of aryl methyl sites for hydroxylation is 2. The first-order valence-corrected chi connectivity index (χ1v) is 19.9. The van der Waals surface area contributed by atoms with Gasteiger partial charge in [-0.15, -0.1) is 0 Å². The highest BCUT2D eigenvalue weighted by Crippen LogP contribution is 2.36. The molecule has 1 fully saturated rings. The van der Waals surface area contributed by atoms with Crippen LogP contribution >= 0.6 is 15.9 Å². The Balaban J connectivity index is 1.13. The number of anilines is 3. The molecule has 13 nitrogen and oxygen atoms in total. The Morgan fingerprint density at radius 2 is 1.80 bits per heavy atom. The minimum atomic E-state index is -4.93. The Hall–Kier alpha value is -4.95. The van der Waals surface area contributed by atoms with Crippen LogP contribution in [-0.4, -0.2) is 96.3 Å². The first-order valence-electron chi connectivity index (χ1n) is 19.1. The van der Waals surface area contributed by atoms with Crippen molar-refractivity contribution in [2.45, 2.75) is 65.5 Å². The van der Waals surface area contributed by atoms with Crippen LogP contribution in [0.1, 0.15) is 43.5 Å². The van der Waals surface area contributed by atoms with E-state index in [1.807, 2.05) is 6.92 Å². The third kappa shape index (κ3) is 13.0. The molecule has 0 spiro atoms. The number of rotatable bonds is 16. The monoisotopic (exact) mass is 913 g/mol. The lowest BCUT2D eigenvalue weighted by Crippen LogP contribution is -2.47. The van der Waals surface area contributed by atoms with Gasteiger partial charge in [-0.3, -0.25) is 19.9 Å². The third-order valence-electron chi connectivity index (χ3n) is 9.31. The summed E-state index contributed by atoms with van der Waals surface area (Å²) < 4.78 is 102. The van der Waals surface area contributed by atoms with E-state index < -0.39 is 47.5 Å². The summed E-state index contributed by atoms with van der Waals surface area (Å²) in [5.41, 5.74) is -0.398. The first kappa shape index (κ1) is 46.1. The van der Waals surface area contributed by atoms with Crippen molar-refractivity contribution in [1.29, 1.82) is 0 Å². The summed E-state index contributed by atoms with van der Waals surface area (Å²) in [6.07, 6.45) is -6.59. The number of hydrogen-bond donors (Lipinski definition) is 2. The fourth-order valence-corrected chi connectivity index (χ4v) is 6.87. The van der Waals surface area contributed by atoms with E-state index in [4.69, 9.17) is 14.2 Å². The fourth-order valence-electron chi connectivity index (χ4n) is 6.52. The molecule has 1 aliphatic rings. The van der Waals surface area contributed by atoms with Crippen LogP contribution in [0, 0.1) is 19.8 Å². The normalized spacial score (nSPS) is 14.7. The number of hydrogen-bond acceptors (Lipinski definition) is 9. The van der Waals surface area contributed by atoms with Crippen molar-refractivity contribution in [3.63, 3.8) is 0 Å². The summed E-state index contributed by atoms with van der Waals surface area (Å²) in [7, 11) is 0. The van der Waals surface area contributed by atoms with E-state index in [-0.39, 0.29) is 81.3 Å². The number of morpholine rings is 1. The molecule has 0 unspecified atom stereocenters. The van der Waals surface area contributed by atoms with Crippen molar-refractivity contribution in [1.82, 2.24) is 19.4 Å². The fraction of sp³-hybridized carbons (Fsp3) is 0.475. The Morgan fingerprint density at radius 3 is 2.48 bits per heavy atom. The number of halogens is 7. The largest absolute Gasteiger partial charge is 0.489 e. The van der Waals surface area contributed by atoms with Crippen LogP contribution in [0.4, 0.5) is 48.3 Å². The maximum absolute atomic E-state index is 14.1. The van der Waals surface area contributed by atoms with Gasteiger partial charge >= 0.3 is 18.4 Å². The maximum Gasteiger partial charge on any atom is 0.417 e. The van der Waals surface area contributed by atoms with Crippen molar-refractivity contribution < 1.29 is 50.1 Å². The molecule has 2 aromatic carbocycles. The van der Waals surface area contributed by atoms with E-state index in [1.54, 1.807) is 37.8 Å². The number of aromatic nitrogens is 3. The van der Waals surface area contributed by atoms with Gasteiger partial charge < -0.3 is 33.9 Å². The number of benzene rings is 2. The quantitative estimate of drug-likeness (QED) is 0.0847. The van der Waals surface area contributed by atoms with Crippen LogP contribution in [0.25, 0.3) is 10.9 Å². The Morgan fingerprint density at radius 1 is 1.03 bits per heavy atom. The SMILES string of the molecule is Cc1cnc(NC(=O)Nc2cc(Br)c(C)cc2OC[C@@H]2CN(C(=O)CCCOCCn3c(=O)cc(C(F)(F)F)c4cc(N(CC(C)C)CC(F)(F)F)ccc43)CCO2)cn1. The highest BCUT2D eigenvalue weighted by atomic mass is 79.9. The second-order valence-corrected chi connectivity index (χ2v) is 15.6. The van der Waals surface area contributed by atoms with Gasteiger partial charge in [0.2, 0.25) is 5.91 Å². The molecule has 0 radical (unpaired) electrons. The lowest BCUT2D eigenvalue weighted by molar-refractivity contribution is -0.140. The van der Waals surface area contributed by atoms with Crippen molar-refractivity contribution in [3.05, 3.63) is 80.4 Å². The van der Waals surface area contributed by atoms with Gasteiger partial charge in [0.25, 0.3) is 5.56 Å². The molecule has 2 N–H and O–H groups in total. The highest BCUT2D eigenvalue weighted by molar-refractivity contribution is 9.10. The minimum Gasteiger partial charge on any atom is -0.489 e. The summed E-state index contributed by atoms with van der Waals surface area (Å²) in [4.78, 5) is 49.6. The molecular formula is C40H46BrF6N7O6. The zero-order valence-corrected chi connectivity index (χ0v) is 35.0. The summed E-state index contributed by atoms with van der Waals surface area (Å²) in [6.45, 7) is 6.51. The van der Waals surface area contributed by atoms with Crippen LogP contribution in [0.5, 0.6) is 5.75 Å². The zero-order valence-electron chi connectivity index (χ0n) is 33.4. The van der Waals surface area contributed by atoms with E-state index in [1.165, 1.54) is 24.5 Å². The van der Waals surface area contributed by atoms with Gasteiger partial charge in [0, 0.05) is 54.3 Å². The number of carbonyl (C=O) groups excluding carboxylic acids is 2. The number of nitrogens with zero attached hydrogens (tertiary/aromatic N) is 5. The summed E-state index contributed by atoms with van der Waals surface area (Å²) in [6, 6.07) is 6.89. The molecule has 326 valence electrons. The predicted octanol–water partition coefficient (Wildman–Crippen LogP) is 7.96. The smallest absolute Gasteiger partial charge is 0.417 e. The Bertz CT molecular complexity index is 2190.